The number of carbonyl (C=O) groups excluding carboxylic acids is 1. The molecular weight excluding hydrogens is 367 g/mol. The Kier molecular flexibility index (Phi) is 5.36. The van der Waals surface area contributed by atoms with E-state index in [9.17, 15) is 18.0 Å². The molecule has 1 aromatic rings. The molecule has 1 aromatic carbocycles. The van der Waals surface area contributed by atoms with Gasteiger partial charge in [-0.15, -0.1) is 0 Å². The first-order valence-corrected chi connectivity index (χ1v) is 8.37. The molecule has 1 atom stereocenters. The molecule has 7 nitrogen and oxygen atoms in total. The van der Waals surface area contributed by atoms with Crippen molar-refractivity contribution in [1.82, 2.24) is 4.90 Å². The minimum absolute atomic E-state index is 0.240. The molecule has 10 heteroatoms. The third-order valence-corrected chi connectivity index (χ3v) is 3.97. The maximum absolute atomic E-state index is 14.0. The summed E-state index contributed by atoms with van der Waals surface area (Å²) in [7, 11) is 0. The maximum atomic E-state index is 14.0. The van der Waals surface area contributed by atoms with Crippen LogP contribution in [0, 0.1) is 0 Å². The van der Waals surface area contributed by atoms with E-state index in [0.717, 1.165) is 0 Å². The van der Waals surface area contributed by atoms with Crippen molar-refractivity contribution in [3.05, 3.63) is 35.9 Å². The van der Waals surface area contributed by atoms with Crippen LogP contribution in [-0.4, -0.2) is 67.5 Å². The highest BCUT2D eigenvalue weighted by molar-refractivity contribution is 6.05. The minimum Gasteiger partial charge on any atom is -0.462 e. The highest BCUT2D eigenvalue weighted by Gasteiger charge is 2.65. The Balaban J connectivity index is 2.12. The smallest absolute Gasteiger partial charge is 0.446 e. The molecule has 3 rings (SSSR count). The number of alkyl halides is 3. The van der Waals surface area contributed by atoms with Crippen LogP contribution in [0.25, 0.3) is 0 Å². The summed E-state index contributed by atoms with van der Waals surface area (Å²) >= 11 is 0. The van der Waals surface area contributed by atoms with Crippen molar-refractivity contribution in [2.24, 2.45) is 9.98 Å². The molecule has 0 radical (unpaired) electrons. The number of hydrogen-bond donors (Lipinski definition) is 0. The Labute approximate surface area is 153 Å². The molecule has 2 aliphatic heterocycles. The van der Waals surface area contributed by atoms with Crippen molar-refractivity contribution in [3.8, 4) is 0 Å². The summed E-state index contributed by atoms with van der Waals surface area (Å²) in [6.07, 6.45) is -5.11. The quantitative estimate of drug-likeness (QED) is 0.744. The second-order valence-corrected chi connectivity index (χ2v) is 5.77. The second kappa shape index (κ2) is 7.55. The van der Waals surface area contributed by atoms with E-state index in [2.05, 4.69) is 14.7 Å². The molecule has 2 aliphatic rings. The lowest BCUT2D eigenvalue weighted by atomic mass is 10.1. The molecule has 1 fully saturated rings. The van der Waals surface area contributed by atoms with E-state index in [4.69, 9.17) is 9.47 Å². The molecule has 0 aromatic heterocycles. The lowest BCUT2D eigenvalue weighted by Gasteiger charge is -2.35. The second-order valence-electron chi connectivity index (χ2n) is 5.77. The van der Waals surface area contributed by atoms with E-state index >= 15 is 0 Å². The number of esters is 1. The van der Waals surface area contributed by atoms with Gasteiger partial charge in [-0.2, -0.15) is 23.2 Å². The van der Waals surface area contributed by atoms with Crippen LogP contribution in [0.1, 0.15) is 12.5 Å². The van der Waals surface area contributed by atoms with Crippen molar-refractivity contribution >= 4 is 17.9 Å². The SMILES string of the molecule is CCOC(=O)[C@@]1(C(F)(F)F)N=C(c2ccccc2)OC(N2CCOCC2)=N1. The zero-order chi connectivity index (χ0) is 19.5. The van der Waals surface area contributed by atoms with Crippen molar-refractivity contribution in [1.29, 1.82) is 0 Å². The molecule has 146 valence electrons. The monoisotopic (exact) mass is 385 g/mol. The highest BCUT2D eigenvalue weighted by atomic mass is 19.4. The van der Waals surface area contributed by atoms with E-state index in [1.54, 1.807) is 18.2 Å². The van der Waals surface area contributed by atoms with Gasteiger partial charge in [0.05, 0.1) is 19.8 Å². The van der Waals surface area contributed by atoms with Crippen molar-refractivity contribution in [2.45, 2.75) is 18.8 Å². The van der Waals surface area contributed by atoms with Gasteiger partial charge in [-0.1, -0.05) is 18.2 Å². The van der Waals surface area contributed by atoms with E-state index in [1.165, 1.54) is 24.0 Å². The van der Waals surface area contributed by atoms with Crippen molar-refractivity contribution in [3.63, 3.8) is 0 Å². The zero-order valence-corrected chi connectivity index (χ0v) is 14.5. The predicted octanol–water partition coefficient (Wildman–Crippen LogP) is 1.97. The van der Waals surface area contributed by atoms with Crippen molar-refractivity contribution in [2.75, 3.05) is 32.9 Å². The van der Waals surface area contributed by atoms with E-state index < -0.39 is 17.8 Å². The molecule has 0 aliphatic carbocycles. The van der Waals surface area contributed by atoms with Gasteiger partial charge in [0.1, 0.15) is 0 Å². The zero-order valence-electron chi connectivity index (χ0n) is 14.5. The molecule has 0 bridgehead atoms. The van der Waals surface area contributed by atoms with Crippen LogP contribution in [0.3, 0.4) is 0 Å². The van der Waals surface area contributed by atoms with E-state index in [-0.39, 0.29) is 37.2 Å². The van der Waals surface area contributed by atoms with Crippen LogP contribution in [-0.2, 0) is 19.0 Å². The van der Waals surface area contributed by atoms with Gasteiger partial charge in [0, 0.05) is 18.7 Å². The highest BCUT2D eigenvalue weighted by Crippen LogP contribution is 2.39. The summed E-state index contributed by atoms with van der Waals surface area (Å²) in [5.74, 6) is -1.95. The first-order valence-electron chi connectivity index (χ1n) is 8.37. The minimum atomic E-state index is -5.11. The van der Waals surface area contributed by atoms with Gasteiger partial charge in [-0.05, 0) is 19.1 Å². The molecule has 0 spiro atoms. The predicted molar refractivity (Wildman–Crippen MR) is 89.3 cm³/mol. The Morgan fingerprint density at radius 3 is 2.48 bits per heavy atom. The molecular formula is C17H18F3N3O4. The van der Waals surface area contributed by atoms with Crippen LogP contribution >= 0.6 is 0 Å². The first-order chi connectivity index (χ1) is 12.9. The van der Waals surface area contributed by atoms with Gasteiger partial charge in [0.25, 0.3) is 6.02 Å². The lowest BCUT2D eigenvalue weighted by molar-refractivity contribution is -0.204. The number of ether oxygens (including phenoxy) is 3. The fraction of sp³-hybridized carbons (Fsp3) is 0.471. The Bertz CT molecular complexity index is 746. The average molecular weight is 385 g/mol. The van der Waals surface area contributed by atoms with Crippen molar-refractivity contribution < 1.29 is 32.2 Å². The maximum Gasteiger partial charge on any atom is 0.446 e. The largest absolute Gasteiger partial charge is 0.462 e. The number of rotatable bonds is 3. The summed E-state index contributed by atoms with van der Waals surface area (Å²) < 4.78 is 57.4. The number of halogens is 3. The fourth-order valence-electron chi connectivity index (χ4n) is 2.60. The number of nitrogens with zero attached hydrogens (tertiary/aromatic N) is 3. The normalized spacial score (nSPS) is 23.2. The van der Waals surface area contributed by atoms with Gasteiger partial charge in [-0.25, -0.2) is 4.79 Å². The van der Waals surface area contributed by atoms with E-state index in [0.29, 0.717) is 13.2 Å². The lowest BCUT2D eigenvalue weighted by Crippen LogP contribution is -2.56. The third-order valence-electron chi connectivity index (χ3n) is 3.97. The van der Waals surface area contributed by atoms with Gasteiger partial charge in [0.15, 0.2) is 0 Å². The molecule has 27 heavy (non-hydrogen) atoms. The number of morpholine rings is 1. The molecule has 0 unspecified atom stereocenters. The Hall–Kier alpha value is -2.62. The van der Waals surface area contributed by atoms with Gasteiger partial charge >= 0.3 is 17.8 Å². The molecule has 0 amide bonds. The summed E-state index contributed by atoms with van der Waals surface area (Å²) in [5, 5.41) is 0. The topological polar surface area (TPSA) is 72.7 Å². The summed E-state index contributed by atoms with van der Waals surface area (Å²) in [4.78, 5) is 21.0. The average Bonchev–Trinajstić information content (AvgIpc) is 2.68. The number of hydrogen-bond acceptors (Lipinski definition) is 7. The summed E-state index contributed by atoms with van der Waals surface area (Å²) in [6, 6.07) is 7.69. The fourth-order valence-corrected chi connectivity index (χ4v) is 2.60. The van der Waals surface area contributed by atoms with Crippen LogP contribution in [0.4, 0.5) is 13.2 Å². The van der Waals surface area contributed by atoms with Gasteiger partial charge in [0.2, 0.25) is 5.90 Å². The van der Waals surface area contributed by atoms with E-state index in [1.807, 2.05) is 0 Å². The standard InChI is InChI=1S/C17H18F3N3O4/c1-2-26-14(24)16(17(18,19)20)21-13(12-6-4-3-5-7-12)27-15(22-16)23-8-10-25-11-9-23/h3-7H,2,8-11H2,1H3/t16-/m1/s1. The van der Waals surface area contributed by atoms with Crippen LogP contribution in [0.5, 0.6) is 0 Å². The number of carbonyl (C=O) groups is 1. The third kappa shape index (κ3) is 3.75. The van der Waals surface area contributed by atoms with Gasteiger partial charge in [-0.3, -0.25) is 0 Å². The molecule has 0 N–H and O–H groups in total. The van der Waals surface area contributed by atoms with Crippen LogP contribution in [0.15, 0.2) is 40.3 Å². The Morgan fingerprint density at radius 1 is 1.22 bits per heavy atom. The molecule has 0 saturated carbocycles. The Morgan fingerprint density at radius 2 is 1.89 bits per heavy atom. The number of amidine groups is 1. The first kappa shape index (κ1) is 19.2. The summed E-state index contributed by atoms with van der Waals surface area (Å²) in [6.45, 7) is 2.33. The summed E-state index contributed by atoms with van der Waals surface area (Å²) in [5.41, 5.74) is -3.13. The molecule has 2 heterocycles. The van der Waals surface area contributed by atoms with Crippen LogP contribution in [0.2, 0.25) is 0 Å². The number of aliphatic imine (C=N–C) groups is 2. The number of benzene rings is 1. The molecule has 1 saturated heterocycles. The van der Waals surface area contributed by atoms with Gasteiger partial charge < -0.3 is 19.1 Å². The van der Waals surface area contributed by atoms with Crippen LogP contribution < -0.4 is 0 Å².